The zero-order valence-electron chi connectivity index (χ0n) is 10.4. The molecule has 0 aliphatic carbocycles. The van der Waals surface area contributed by atoms with Crippen LogP contribution in [0.3, 0.4) is 0 Å². The number of ether oxygens (including phenoxy) is 1. The molecule has 0 saturated heterocycles. The van der Waals surface area contributed by atoms with E-state index in [-0.39, 0.29) is 5.95 Å². The molecular formula is C13H14N4O2. The second-order valence-corrected chi connectivity index (χ2v) is 3.81. The van der Waals surface area contributed by atoms with Gasteiger partial charge in [0.1, 0.15) is 5.82 Å². The smallest absolute Gasteiger partial charge is 0.333 e. The fourth-order valence-electron chi connectivity index (χ4n) is 1.64. The quantitative estimate of drug-likeness (QED) is 0.805. The van der Waals surface area contributed by atoms with Crippen LogP contribution < -0.4 is 11.1 Å². The molecule has 19 heavy (non-hydrogen) atoms. The summed E-state index contributed by atoms with van der Waals surface area (Å²) in [6.07, 6.45) is 1.52. The molecule has 1 atom stereocenters. The van der Waals surface area contributed by atoms with Crippen molar-refractivity contribution in [1.82, 2.24) is 9.97 Å². The van der Waals surface area contributed by atoms with Gasteiger partial charge in [-0.3, -0.25) is 0 Å². The summed E-state index contributed by atoms with van der Waals surface area (Å²) in [5.41, 5.74) is 6.29. The number of esters is 1. The summed E-state index contributed by atoms with van der Waals surface area (Å²) in [6, 6.07) is 10.2. The molecule has 0 radical (unpaired) electrons. The first-order valence-corrected chi connectivity index (χ1v) is 5.68. The Kier molecular flexibility index (Phi) is 3.92. The van der Waals surface area contributed by atoms with Crippen LogP contribution in [-0.2, 0) is 9.53 Å². The summed E-state index contributed by atoms with van der Waals surface area (Å²) in [7, 11) is 1.34. The van der Waals surface area contributed by atoms with E-state index in [4.69, 9.17) is 10.5 Å². The van der Waals surface area contributed by atoms with E-state index < -0.39 is 12.0 Å². The van der Waals surface area contributed by atoms with E-state index in [0.29, 0.717) is 5.82 Å². The average Bonchev–Trinajstić information content (AvgIpc) is 2.45. The highest BCUT2D eigenvalue weighted by molar-refractivity contribution is 5.80. The standard InChI is InChI=1S/C13H14N4O2/c1-19-12(18)11(9-5-3-2-4-6-9)16-10-7-8-15-13(14)17-10/h2-8,11H,1H3,(H3,14,15,16,17). The van der Waals surface area contributed by atoms with E-state index >= 15 is 0 Å². The van der Waals surface area contributed by atoms with Crippen molar-refractivity contribution < 1.29 is 9.53 Å². The summed E-state index contributed by atoms with van der Waals surface area (Å²) >= 11 is 0. The van der Waals surface area contributed by atoms with Crippen molar-refractivity contribution in [3.05, 3.63) is 48.2 Å². The highest BCUT2D eigenvalue weighted by atomic mass is 16.5. The predicted molar refractivity (Wildman–Crippen MR) is 71.3 cm³/mol. The maximum absolute atomic E-state index is 11.8. The fraction of sp³-hybridized carbons (Fsp3) is 0.154. The first-order chi connectivity index (χ1) is 9.20. The van der Waals surface area contributed by atoms with Gasteiger partial charge in [0.25, 0.3) is 0 Å². The van der Waals surface area contributed by atoms with Gasteiger partial charge in [0.15, 0.2) is 6.04 Å². The third kappa shape index (κ3) is 3.19. The molecule has 0 aliphatic rings. The van der Waals surface area contributed by atoms with Crippen LogP contribution in [0.2, 0.25) is 0 Å². The molecule has 2 aromatic rings. The van der Waals surface area contributed by atoms with Gasteiger partial charge in [-0.2, -0.15) is 4.98 Å². The van der Waals surface area contributed by atoms with Crippen molar-refractivity contribution in [3.63, 3.8) is 0 Å². The summed E-state index contributed by atoms with van der Waals surface area (Å²) in [4.78, 5) is 19.6. The van der Waals surface area contributed by atoms with Gasteiger partial charge in [-0.25, -0.2) is 9.78 Å². The number of nitrogens with zero attached hydrogens (tertiary/aromatic N) is 2. The van der Waals surface area contributed by atoms with Crippen molar-refractivity contribution in [2.24, 2.45) is 0 Å². The van der Waals surface area contributed by atoms with Gasteiger partial charge < -0.3 is 15.8 Å². The Hall–Kier alpha value is -2.63. The number of nitrogen functional groups attached to an aromatic ring is 1. The lowest BCUT2D eigenvalue weighted by Crippen LogP contribution is -2.23. The third-order valence-electron chi connectivity index (χ3n) is 2.54. The number of methoxy groups -OCH3 is 1. The van der Waals surface area contributed by atoms with E-state index in [1.54, 1.807) is 6.07 Å². The topological polar surface area (TPSA) is 90.1 Å². The number of hydrogen-bond acceptors (Lipinski definition) is 6. The second kappa shape index (κ2) is 5.81. The highest BCUT2D eigenvalue weighted by Gasteiger charge is 2.21. The molecule has 0 aliphatic heterocycles. The molecule has 0 amide bonds. The first kappa shape index (κ1) is 12.8. The minimum atomic E-state index is -0.638. The Bertz CT molecular complexity index is 560. The molecule has 3 N–H and O–H groups in total. The summed E-state index contributed by atoms with van der Waals surface area (Å²) in [5.74, 6) is 0.205. The molecule has 1 unspecified atom stereocenters. The van der Waals surface area contributed by atoms with Gasteiger partial charge in [-0.05, 0) is 11.6 Å². The fourth-order valence-corrected chi connectivity index (χ4v) is 1.64. The van der Waals surface area contributed by atoms with Crippen molar-refractivity contribution in [3.8, 4) is 0 Å². The summed E-state index contributed by atoms with van der Waals surface area (Å²) in [6.45, 7) is 0. The Morgan fingerprint density at radius 2 is 2.05 bits per heavy atom. The lowest BCUT2D eigenvalue weighted by molar-refractivity contribution is -0.141. The van der Waals surface area contributed by atoms with E-state index in [9.17, 15) is 4.79 Å². The Morgan fingerprint density at radius 3 is 2.68 bits per heavy atom. The molecular weight excluding hydrogens is 244 g/mol. The number of carbonyl (C=O) groups excluding carboxylic acids is 1. The zero-order chi connectivity index (χ0) is 13.7. The number of rotatable bonds is 4. The number of carbonyl (C=O) groups is 1. The van der Waals surface area contributed by atoms with E-state index in [1.807, 2.05) is 30.3 Å². The Labute approximate surface area is 110 Å². The number of hydrogen-bond donors (Lipinski definition) is 2. The van der Waals surface area contributed by atoms with Crippen LogP contribution in [0.1, 0.15) is 11.6 Å². The number of aromatic nitrogens is 2. The van der Waals surface area contributed by atoms with Crippen molar-refractivity contribution in [2.45, 2.75) is 6.04 Å². The van der Waals surface area contributed by atoms with Crippen molar-refractivity contribution >= 4 is 17.7 Å². The SMILES string of the molecule is COC(=O)C(Nc1ccnc(N)n1)c1ccccc1. The largest absolute Gasteiger partial charge is 0.467 e. The molecule has 6 nitrogen and oxygen atoms in total. The predicted octanol–water partition coefficient (Wildman–Crippen LogP) is 1.38. The van der Waals surface area contributed by atoms with Crippen LogP contribution >= 0.6 is 0 Å². The molecule has 1 aromatic heterocycles. The van der Waals surface area contributed by atoms with Gasteiger partial charge in [0, 0.05) is 6.20 Å². The average molecular weight is 258 g/mol. The Morgan fingerprint density at radius 1 is 1.32 bits per heavy atom. The number of nitrogens with two attached hydrogens (primary N) is 1. The number of nitrogens with one attached hydrogen (secondary N) is 1. The van der Waals surface area contributed by atoms with Crippen LogP contribution in [0.25, 0.3) is 0 Å². The molecule has 0 saturated carbocycles. The van der Waals surface area contributed by atoms with Crippen molar-refractivity contribution in [2.75, 3.05) is 18.2 Å². The van der Waals surface area contributed by atoms with E-state index in [2.05, 4.69) is 15.3 Å². The maximum atomic E-state index is 11.8. The summed E-state index contributed by atoms with van der Waals surface area (Å²) < 4.78 is 4.79. The highest BCUT2D eigenvalue weighted by Crippen LogP contribution is 2.19. The van der Waals surface area contributed by atoms with E-state index in [1.165, 1.54) is 13.3 Å². The van der Waals surface area contributed by atoms with Crippen LogP contribution in [-0.4, -0.2) is 23.0 Å². The van der Waals surface area contributed by atoms with Crippen LogP contribution in [0.4, 0.5) is 11.8 Å². The monoisotopic (exact) mass is 258 g/mol. The van der Waals surface area contributed by atoms with Crippen LogP contribution in [0.15, 0.2) is 42.6 Å². The van der Waals surface area contributed by atoms with Gasteiger partial charge in [-0.1, -0.05) is 30.3 Å². The zero-order valence-corrected chi connectivity index (χ0v) is 10.4. The van der Waals surface area contributed by atoms with Gasteiger partial charge >= 0.3 is 5.97 Å². The normalized spacial score (nSPS) is 11.6. The van der Waals surface area contributed by atoms with Crippen molar-refractivity contribution in [1.29, 1.82) is 0 Å². The van der Waals surface area contributed by atoms with Gasteiger partial charge in [0.05, 0.1) is 7.11 Å². The minimum Gasteiger partial charge on any atom is -0.467 e. The molecule has 1 aromatic carbocycles. The number of anilines is 2. The molecule has 0 spiro atoms. The molecule has 2 rings (SSSR count). The lowest BCUT2D eigenvalue weighted by atomic mass is 10.1. The Balaban J connectivity index is 2.27. The molecule has 0 fully saturated rings. The minimum absolute atomic E-state index is 0.140. The second-order valence-electron chi connectivity index (χ2n) is 3.81. The molecule has 0 bridgehead atoms. The molecule has 98 valence electrons. The van der Waals surface area contributed by atoms with Gasteiger partial charge in [-0.15, -0.1) is 0 Å². The van der Waals surface area contributed by atoms with Crippen LogP contribution in [0.5, 0.6) is 0 Å². The number of benzene rings is 1. The maximum Gasteiger partial charge on any atom is 0.333 e. The van der Waals surface area contributed by atoms with Gasteiger partial charge in [0.2, 0.25) is 5.95 Å². The van der Waals surface area contributed by atoms with Crippen LogP contribution in [0, 0.1) is 0 Å². The van der Waals surface area contributed by atoms with E-state index in [0.717, 1.165) is 5.56 Å². The molecule has 6 heteroatoms. The molecule has 1 heterocycles. The summed E-state index contributed by atoms with van der Waals surface area (Å²) in [5, 5.41) is 2.98. The lowest BCUT2D eigenvalue weighted by Gasteiger charge is -2.17. The first-order valence-electron chi connectivity index (χ1n) is 5.68. The third-order valence-corrected chi connectivity index (χ3v) is 2.54.